The van der Waals surface area contributed by atoms with E-state index in [2.05, 4.69) is 12.2 Å². The van der Waals surface area contributed by atoms with Gasteiger partial charge in [-0.3, -0.25) is 9.36 Å². The van der Waals surface area contributed by atoms with E-state index >= 15 is 0 Å². The van der Waals surface area contributed by atoms with E-state index in [9.17, 15) is 9.59 Å². The quantitative estimate of drug-likeness (QED) is 0.419. The molecule has 1 unspecified atom stereocenters. The number of aromatic nitrogens is 2. The number of rotatable bonds is 9. The Hall–Kier alpha value is -3.35. The maximum absolute atomic E-state index is 13.8. The van der Waals surface area contributed by atoms with Crippen LogP contribution in [-0.2, 0) is 0 Å². The number of nitrogens with one attached hydrogen (secondary N) is 1. The highest BCUT2D eigenvalue weighted by molar-refractivity contribution is 5.78. The first-order valence-corrected chi connectivity index (χ1v) is 12.5. The van der Waals surface area contributed by atoms with Gasteiger partial charge < -0.3 is 15.0 Å². The minimum absolute atomic E-state index is 0.153. The van der Waals surface area contributed by atoms with Crippen molar-refractivity contribution in [3.05, 3.63) is 64.7 Å². The van der Waals surface area contributed by atoms with Crippen molar-refractivity contribution in [2.24, 2.45) is 0 Å². The van der Waals surface area contributed by atoms with Crippen LogP contribution >= 0.6 is 0 Å². The van der Waals surface area contributed by atoms with Crippen molar-refractivity contribution in [1.29, 1.82) is 0 Å². The van der Waals surface area contributed by atoms with Crippen LogP contribution in [0.15, 0.2) is 53.3 Å². The Morgan fingerprint density at radius 3 is 2.37 bits per heavy atom. The standard InChI is InChI=1S/C28H38N4O3/c1-7-10-19-31(27(34)30-28(4,5)6)24(8-2)25-29-23-14-12-11-13-22(23)26(33)32(25)20-15-17-21(18-16-20)35-9-3/h11-18,24H,7-10,19H2,1-6H3,(H,30,34). The van der Waals surface area contributed by atoms with Crippen molar-refractivity contribution in [2.75, 3.05) is 13.2 Å². The largest absolute Gasteiger partial charge is 0.494 e. The molecular weight excluding hydrogens is 440 g/mol. The van der Waals surface area contributed by atoms with Gasteiger partial charge >= 0.3 is 6.03 Å². The van der Waals surface area contributed by atoms with Gasteiger partial charge in [0.25, 0.3) is 5.56 Å². The van der Waals surface area contributed by atoms with Crippen LogP contribution in [0, 0.1) is 0 Å². The fourth-order valence-corrected chi connectivity index (χ4v) is 4.14. The summed E-state index contributed by atoms with van der Waals surface area (Å²) in [4.78, 5) is 34.0. The van der Waals surface area contributed by atoms with Gasteiger partial charge in [0.15, 0.2) is 0 Å². The monoisotopic (exact) mass is 478 g/mol. The summed E-state index contributed by atoms with van der Waals surface area (Å²) in [6.45, 7) is 13.1. The third-order valence-corrected chi connectivity index (χ3v) is 5.76. The predicted octanol–water partition coefficient (Wildman–Crippen LogP) is 5.85. The average molecular weight is 479 g/mol. The molecule has 3 aromatic rings. The lowest BCUT2D eigenvalue weighted by Crippen LogP contribution is -2.50. The second-order valence-electron chi connectivity index (χ2n) is 9.71. The molecular formula is C28H38N4O3. The second kappa shape index (κ2) is 11.4. The van der Waals surface area contributed by atoms with Gasteiger partial charge in [0.2, 0.25) is 0 Å². The molecule has 0 saturated heterocycles. The molecule has 35 heavy (non-hydrogen) atoms. The number of hydrogen-bond donors (Lipinski definition) is 1. The van der Waals surface area contributed by atoms with E-state index in [0.717, 1.165) is 18.6 Å². The van der Waals surface area contributed by atoms with Crippen LogP contribution in [0.4, 0.5) is 4.79 Å². The zero-order valence-corrected chi connectivity index (χ0v) is 21.8. The number of ether oxygens (including phenoxy) is 1. The summed E-state index contributed by atoms with van der Waals surface area (Å²) >= 11 is 0. The molecule has 0 aliphatic rings. The first-order chi connectivity index (χ1) is 16.7. The van der Waals surface area contributed by atoms with Gasteiger partial charge in [-0.15, -0.1) is 0 Å². The van der Waals surface area contributed by atoms with Crippen molar-refractivity contribution in [3.63, 3.8) is 0 Å². The first-order valence-electron chi connectivity index (χ1n) is 12.5. The Balaban J connectivity index is 2.22. The van der Waals surface area contributed by atoms with Crippen LogP contribution < -0.4 is 15.6 Å². The maximum Gasteiger partial charge on any atom is 0.318 e. The third kappa shape index (κ3) is 6.21. The van der Waals surface area contributed by atoms with Crippen LogP contribution in [0.5, 0.6) is 5.75 Å². The number of carbonyl (C=O) groups is 1. The highest BCUT2D eigenvalue weighted by Gasteiger charge is 2.30. The first kappa shape index (κ1) is 26.3. The lowest BCUT2D eigenvalue weighted by atomic mass is 10.1. The molecule has 7 nitrogen and oxygen atoms in total. The molecule has 188 valence electrons. The van der Waals surface area contributed by atoms with Crippen LogP contribution in [0.3, 0.4) is 0 Å². The van der Waals surface area contributed by atoms with Crippen LogP contribution in [0.2, 0.25) is 0 Å². The molecule has 1 aromatic heterocycles. The number of urea groups is 1. The van der Waals surface area contributed by atoms with Gasteiger partial charge in [0.1, 0.15) is 11.6 Å². The van der Waals surface area contributed by atoms with E-state index in [4.69, 9.17) is 9.72 Å². The summed E-state index contributed by atoms with van der Waals surface area (Å²) in [5.74, 6) is 1.29. The molecule has 0 bridgehead atoms. The van der Waals surface area contributed by atoms with Gasteiger partial charge in [0, 0.05) is 12.1 Å². The second-order valence-corrected chi connectivity index (χ2v) is 9.71. The third-order valence-electron chi connectivity index (χ3n) is 5.76. The number of nitrogens with zero attached hydrogens (tertiary/aromatic N) is 3. The van der Waals surface area contributed by atoms with E-state index in [0.29, 0.717) is 42.0 Å². The van der Waals surface area contributed by atoms with Gasteiger partial charge in [-0.2, -0.15) is 0 Å². The number of para-hydroxylation sites is 1. The fraction of sp³-hybridized carbons (Fsp3) is 0.464. The van der Waals surface area contributed by atoms with E-state index < -0.39 is 0 Å². The van der Waals surface area contributed by atoms with Crippen molar-refractivity contribution in [3.8, 4) is 11.4 Å². The van der Waals surface area contributed by atoms with E-state index in [1.165, 1.54) is 0 Å². The maximum atomic E-state index is 13.8. The van der Waals surface area contributed by atoms with Crippen molar-refractivity contribution in [1.82, 2.24) is 19.8 Å². The van der Waals surface area contributed by atoms with Gasteiger partial charge in [-0.1, -0.05) is 32.4 Å². The molecule has 0 aliphatic heterocycles. The number of amides is 2. The molecule has 0 aliphatic carbocycles. The predicted molar refractivity (Wildman–Crippen MR) is 141 cm³/mol. The highest BCUT2D eigenvalue weighted by atomic mass is 16.5. The Bertz CT molecular complexity index is 1200. The molecule has 1 heterocycles. The SMILES string of the molecule is CCCCN(C(=O)NC(C)(C)C)C(CC)c1nc2ccccc2c(=O)n1-c1ccc(OCC)cc1. The number of benzene rings is 2. The highest BCUT2D eigenvalue weighted by Crippen LogP contribution is 2.27. The van der Waals surface area contributed by atoms with E-state index in [-0.39, 0.29) is 23.2 Å². The van der Waals surface area contributed by atoms with Crippen LogP contribution in [0.25, 0.3) is 16.6 Å². The minimum Gasteiger partial charge on any atom is -0.494 e. The Morgan fingerprint density at radius 2 is 1.77 bits per heavy atom. The summed E-state index contributed by atoms with van der Waals surface area (Å²) < 4.78 is 7.24. The Kier molecular flexibility index (Phi) is 8.54. The summed E-state index contributed by atoms with van der Waals surface area (Å²) in [5.41, 5.74) is 0.780. The molecule has 7 heteroatoms. The number of hydrogen-bond acceptors (Lipinski definition) is 4. The lowest BCUT2D eigenvalue weighted by molar-refractivity contribution is 0.159. The van der Waals surface area contributed by atoms with Gasteiger partial charge in [0.05, 0.1) is 29.2 Å². The number of unbranched alkanes of at least 4 members (excludes halogenated alkanes) is 1. The number of carbonyl (C=O) groups excluding carboxylic acids is 1. The van der Waals surface area contributed by atoms with Crippen molar-refractivity contribution < 1.29 is 9.53 Å². The Morgan fingerprint density at radius 1 is 1.09 bits per heavy atom. The number of fused-ring (bicyclic) bond motifs is 1. The van der Waals surface area contributed by atoms with Crippen LogP contribution in [-0.4, -0.2) is 39.2 Å². The summed E-state index contributed by atoms with van der Waals surface area (Å²) in [6, 6.07) is 14.3. The van der Waals surface area contributed by atoms with Gasteiger partial charge in [-0.05, 0) is 76.9 Å². The minimum atomic E-state index is -0.384. The topological polar surface area (TPSA) is 76.5 Å². The molecule has 3 rings (SSSR count). The summed E-state index contributed by atoms with van der Waals surface area (Å²) in [5, 5.41) is 3.64. The van der Waals surface area contributed by atoms with Crippen molar-refractivity contribution >= 4 is 16.9 Å². The van der Waals surface area contributed by atoms with Crippen LogP contribution in [0.1, 0.15) is 72.7 Å². The smallest absolute Gasteiger partial charge is 0.318 e. The molecule has 1 atom stereocenters. The van der Waals surface area contributed by atoms with E-state index in [1.54, 1.807) is 10.6 Å². The zero-order chi connectivity index (χ0) is 25.6. The fourth-order valence-electron chi connectivity index (χ4n) is 4.14. The average Bonchev–Trinajstić information content (AvgIpc) is 2.81. The molecule has 2 aromatic carbocycles. The molecule has 0 saturated carbocycles. The Labute approximate surface area is 208 Å². The zero-order valence-electron chi connectivity index (χ0n) is 21.8. The molecule has 0 fully saturated rings. The molecule has 1 N–H and O–H groups in total. The molecule has 2 amide bonds. The van der Waals surface area contributed by atoms with Gasteiger partial charge in [-0.25, -0.2) is 9.78 Å². The normalized spacial score (nSPS) is 12.4. The van der Waals surface area contributed by atoms with E-state index in [1.807, 2.05) is 82.0 Å². The summed E-state index contributed by atoms with van der Waals surface area (Å²) in [6.07, 6.45) is 2.42. The van der Waals surface area contributed by atoms with Crippen molar-refractivity contribution in [2.45, 2.75) is 72.4 Å². The lowest BCUT2D eigenvalue weighted by Gasteiger charge is -2.35. The summed E-state index contributed by atoms with van der Waals surface area (Å²) in [7, 11) is 0. The molecule has 0 spiro atoms. The molecule has 0 radical (unpaired) electrons.